The van der Waals surface area contributed by atoms with Crippen molar-refractivity contribution in [1.29, 1.82) is 5.26 Å². The van der Waals surface area contributed by atoms with Gasteiger partial charge >= 0.3 is 0 Å². The zero-order valence-electron chi connectivity index (χ0n) is 13.2. The second kappa shape index (κ2) is 6.17. The van der Waals surface area contributed by atoms with Crippen LogP contribution in [0, 0.1) is 24.2 Å². The number of nitrogens with one attached hydrogen (secondary N) is 1. The van der Waals surface area contributed by atoms with E-state index in [2.05, 4.69) is 5.32 Å². The maximum atomic E-state index is 12.5. The lowest BCUT2D eigenvalue weighted by Crippen LogP contribution is -2.30. The van der Waals surface area contributed by atoms with Gasteiger partial charge in [-0.25, -0.2) is 8.42 Å². The molecule has 3 rings (SSSR count). The Bertz CT molecular complexity index is 904. The molecule has 3 heterocycles. The van der Waals surface area contributed by atoms with E-state index in [-0.39, 0.29) is 35.1 Å². The Hall–Kier alpha value is -2.53. The fraction of sp³-hybridized carbons (Fsp3) is 0.375. The van der Waals surface area contributed by atoms with Gasteiger partial charge in [0.25, 0.3) is 5.91 Å². The molecular weight excluding hydrogens is 330 g/mol. The Morgan fingerprint density at radius 2 is 2.17 bits per heavy atom. The number of carbonyl (C=O) groups is 1. The summed E-state index contributed by atoms with van der Waals surface area (Å²) in [5, 5.41) is 12.2. The van der Waals surface area contributed by atoms with Gasteiger partial charge in [0, 0.05) is 18.9 Å². The number of aromatic nitrogens is 1. The van der Waals surface area contributed by atoms with Gasteiger partial charge in [-0.05, 0) is 31.4 Å². The summed E-state index contributed by atoms with van der Waals surface area (Å²) >= 11 is 0. The van der Waals surface area contributed by atoms with Gasteiger partial charge in [-0.15, -0.1) is 0 Å². The van der Waals surface area contributed by atoms with E-state index in [1.54, 1.807) is 36.0 Å². The monoisotopic (exact) mass is 347 g/mol. The molecule has 0 unspecified atom stereocenters. The first-order valence-corrected chi connectivity index (χ1v) is 9.39. The van der Waals surface area contributed by atoms with Crippen LogP contribution in [0.4, 0.5) is 0 Å². The molecule has 0 radical (unpaired) electrons. The summed E-state index contributed by atoms with van der Waals surface area (Å²) < 4.78 is 30.2. The molecule has 1 fully saturated rings. The number of aryl methyl sites for hydroxylation is 1. The van der Waals surface area contributed by atoms with Gasteiger partial charge < -0.3 is 9.73 Å². The second-order valence-corrected chi connectivity index (χ2v) is 8.12. The Kier molecular flexibility index (Phi) is 4.20. The molecule has 2 aromatic heterocycles. The molecule has 0 aromatic carbocycles. The highest BCUT2D eigenvalue weighted by Crippen LogP contribution is 2.25. The standard InChI is InChI=1S/C16H17N3O4S/c1-11-14(13(8-17)16(23-11)19-5-2-3-6-19)15(20)18-9-12-4-7-24(21,22)10-12/h2-3,5-6,12H,4,7,9-10H2,1H3,(H,18,20)/t12-/m1/s1. The fourth-order valence-electron chi connectivity index (χ4n) is 2.92. The van der Waals surface area contributed by atoms with Crippen molar-refractivity contribution in [3.05, 3.63) is 41.4 Å². The van der Waals surface area contributed by atoms with Crippen LogP contribution in [0.5, 0.6) is 0 Å². The number of hydrogen-bond donors (Lipinski definition) is 1. The third-order valence-electron chi connectivity index (χ3n) is 4.12. The molecule has 0 spiro atoms. The highest BCUT2D eigenvalue weighted by Gasteiger charge is 2.29. The van der Waals surface area contributed by atoms with Gasteiger partial charge in [-0.3, -0.25) is 9.36 Å². The highest BCUT2D eigenvalue weighted by atomic mass is 32.2. The maximum Gasteiger partial charge on any atom is 0.256 e. The predicted molar refractivity (Wildman–Crippen MR) is 86.6 cm³/mol. The van der Waals surface area contributed by atoms with Crippen molar-refractivity contribution >= 4 is 15.7 Å². The molecule has 0 saturated carbocycles. The summed E-state index contributed by atoms with van der Waals surface area (Å²) in [6.07, 6.45) is 4.00. The van der Waals surface area contributed by atoms with E-state index in [4.69, 9.17) is 4.42 Å². The topological polar surface area (TPSA) is 105 Å². The van der Waals surface area contributed by atoms with Crippen molar-refractivity contribution in [1.82, 2.24) is 9.88 Å². The summed E-state index contributed by atoms with van der Waals surface area (Å²) in [6, 6.07) is 5.61. The zero-order chi connectivity index (χ0) is 17.3. The fourth-order valence-corrected chi connectivity index (χ4v) is 4.78. The minimum absolute atomic E-state index is 0.0828. The van der Waals surface area contributed by atoms with Crippen LogP contribution in [-0.4, -0.2) is 36.9 Å². The molecule has 0 bridgehead atoms. The molecular formula is C16H17N3O4S. The van der Waals surface area contributed by atoms with Crippen molar-refractivity contribution in [2.45, 2.75) is 13.3 Å². The zero-order valence-corrected chi connectivity index (χ0v) is 14.0. The third-order valence-corrected chi connectivity index (χ3v) is 5.96. The molecule has 1 saturated heterocycles. The molecule has 8 heteroatoms. The molecule has 126 valence electrons. The number of nitrogens with zero attached hydrogens (tertiary/aromatic N) is 2. The Morgan fingerprint density at radius 1 is 1.46 bits per heavy atom. The lowest BCUT2D eigenvalue weighted by atomic mass is 10.1. The van der Waals surface area contributed by atoms with Crippen LogP contribution in [0.15, 0.2) is 28.9 Å². The van der Waals surface area contributed by atoms with Crippen LogP contribution in [-0.2, 0) is 9.84 Å². The van der Waals surface area contributed by atoms with E-state index < -0.39 is 15.7 Å². The van der Waals surface area contributed by atoms with Gasteiger partial charge in [0.1, 0.15) is 23.0 Å². The number of rotatable bonds is 4. The number of sulfone groups is 1. The molecule has 0 aliphatic carbocycles. The first-order chi connectivity index (χ1) is 11.4. The average Bonchev–Trinajstić information content (AvgIpc) is 3.23. The van der Waals surface area contributed by atoms with Crippen molar-refractivity contribution in [3.8, 4) is 12.0 Å². The lowest BCUT2D eigenvalue weighted by Gasteiger charge is -2.09. The molecule has 1 aliphatic rings. The number of carbonyl (C=O) groups excluding carboxylic acids is 1. The van der Waals surface area contributed by atoms with Crippen LogP contribution in [0.2, 0.25) is 0 Å². The lowest BCUT2D eigenvalue weighted by molar-refractivity contribution is 0.0946. The van der Waals surface area contributed by atoms with Gasteiger partial charge in [-0.1, -0.05) is 0 Å². The third kappa shape index (κ3) is 3.08. The molecule has 2 aromatic rings. The van der Waals surface area contributed by atoms with E-state index in [9.17, 15) is 18.5 Å². The normalized spacial score (nSPS) is 19.1. The number of amides is 1. The number of nitriles is 1. The predicted octanol–water partition coefficient (Wildman–Crippen LogP) is 1.41. The van der Waals surface area contributed by atoms with Gasteiger partial charge in [0.2, 0.25) is 5.88 Å². The largest absolute Gasteiger partial charge is 0.443 e. The van der Waals surface area contributed by atoms with E-state index >= 15 is 0 Å². The van der Waals surface area contributed by atoms with Crippen LogP contribution < -0.4 is 5.32 Å². The molecule has 1 atom stereocenters. The first-order valence-electron chi connectivity index (χ1n) is 7.56. The SMILES string of the molecule is Cc1oc(-n2cccc2)c(C#N)c1C(=O)NC[C@H]1CCS(=O)(=O)C1. The second-order valence-electron chi connectivity index (χ2n) is 5.89. The Balaban J connectivity index is 1.79. The number of furan rings is 1. The van der Waals surface area contributed by atoms with E-state index in [1.807, 2.05) is 6.07 Å². The first kappa shape index (κ1) is 16.3. The summed E-state index contributed by atoms with van der Waals surface area (Å²) in [4.78, 5) is 12.5. The van der Waals surface area contributed by atoms with E-state index in [1.165, 1.54) is 0 Å². The molecule has 1 N–H and O–H groups in total. The van der Waals surface area contributed by atoms with Crippen LogP contribution in [0.3, 0.4) is 0 Å². The van der Waals surface area contributed by atoms with Crippen LogP contribution >= 0.6 is 0 Å². The number of hydrogen-bond acceptors (Lipinski definition) is 5. The average molecular weight is 347 g/mol. The molecule has 1 aliphatic heterocycles. The van der Waals surface area contributed by atoms with Crippen LogP contribution in [0.25, 0.3) is 5.88 Å². The summed E-state index contributed by atoms with van der Waals surface area (Å²) in [5.74, 6) is 0.410. The minimum atomic E-state index is -2.98. The maximum absolute atomic E-state index is 12.5. The quantitative estimate of drug-likeness (QED) is 0.900. The van der Waals surface area contributed by atoms with Crippen molar-refractivity contribution in [2.24, 2.45) is 5.92 Å². The van der Waals surface area contributed by atoms with Crippen LogP contribution in [0.1, 0.15) is 28.1 Å². The minimum Gasteiger partial charge on any atom is -0.443 e. The summed E-state index contributed by atoms with van der Waals surface area (Å²) in [6.45, 7) is 1.90. The Labute approximate surface area is 139 Å². The summed E-state index contributed by atoms with van der Waals surface area (Å²) in [5.41, 5.74) is 0.363. The molecule has 1 amide bonds. The van der Waals surface area contributed by atoms with E-state index in [0.717, 1.165) is 0 Å². The van der Waals surface area contributed by atoms with Crippen molar-refractivity contribution < 1.29 is 17.6 Å². The smallest absolute Gasteiger partial charge is 0.256 e. The van der Waals surface area contributed by atoms with Gasteiger partial charge in [0.05, 0.1) is 11.5 Å². The molecule has 7 nitrogen and oxygen atoms in total. The van der Waals surface area contributed by atoms with E-state index in [0.29, 0.717) is 18.1 Å². The molecule has 24 heavy (non-hydrogen) atoms. The van der Waals surface area contributed by atoms with Gasteiger partial charge in [-0.2, -0.15) is 5.26 Å². The van der Waals surface area contributed by atoms with Crippen molar-refractivity contribution in [3.63, 3.8) is 0 Å². The van der Waals surface area contributed by atoms with Gasteiger partial charge in [0.15, 0.2) is 9.84 Å². The summed E-state index contributed by atoms with van der Waals surface area (Å²) in [7, 11) is -2.98. The van der Waals surface area contributed by atoms with Crippen molar-refractivity contribution in [2.75, 3.05) is 18.1 Å². The Morgan fingerprint density at radius 3 is 2.75 bits per heavy atom. The highest BCUT2D eigenvalue weighted by molar-refractivity contribution is 7.91.